The molecule has 3 fully saturated rings. The topological polar surface area (TPSA) is 31.4 Å². The van der Waals surface area contributed by atoms with Crippen LogP contribution in [0.2, 0.25) is 0 Å². The van der Waals surface area contributed by atoms with Gasteiger partial charge < -0.3 is 15.1 Å². The van der Waals surface area contributed by atoms with Crippen molar-refractivity contribution in [1.82, 2.24) is 15.2 Å². The van der Waals surface area contributed by atoms with Crippen molar-refractivity contribution >= 4 is 5.82 Å². The molecule has 0 spiro atoms. The lowest BCUT2D eigenvalue weighted by molar-refractivity contribution is 0.0720. The third-order valence-corrected chi connectivity index (χ3v) is 5.70. The van der Waals surface area contributed by atoms with Crippen LogP contribution in [0.4, 0.5) is 5.82 Å². The monoisotopic (exact) mass is 336 g/mol. The fourth-order valence-corrected chi connectivity index (χ4v) is 4.28. The van der Waals surface area contributed by atoms with Crippen molar-refractivity contribution < 1.29 is 0 Å². The first-order valence-electron chi connectivity index (χ1n) is 9.44. The maximum atomic E-state index is 4.66. The van der Waals surface area contributed by atoms with Gasteiger partial charge in [-0.15, -0.1) is 0 Å². The molecule has 0 saturated carbocycles. The second-order valence-electron chi connectivity index (χ2n) is 7.45. The Hall–Kier alpha value is -1.91. The first-order valence-corrected chi connectivity index (χ1v) is 9.44. The lowest BCUT2D eigenvalue weighted by atomic mass is 9.84. The second-order valence-corrected chi connectivity index (χ2v) is 7.45. The quantitative estimate of drug-likeness (QED) is 0.879. The van der Waals surface area contributed by atoms with E-state index in [9.17, 15) is 0 Å². The van der Waals surface area contributed by atoms with Crippen molar-refractivity contribution in [3.8, 4) is 0 Å². The van der Waals surface area contributed by atoms with E-state index in [0.29, 0.717) is 6.04 Å². The third-order valence-electron chi connectivity index (χ3n) is 5.70. The molecule has 2 bridgehead atoms. The molecule has 3 aliphatic heterocycles. The molecule has 0 radical (unpaired) electrons. The summed E-state index contributed by atoms with van der Waals surface area (Å²) in [7, 11) is 2.13. The highest BCUT2D eigenvalue weighted by molar-refractivity contribution is 5.46. The summed E-state index contributed by atoms with van der Waals surface area (Å²) in [5, 5.41) is 3.82. The van der Waals surface area contributed by atoms with Gasteiger partial charge in [0, 0.05) is 44.5 Å². The van der Waals surface area contributed by atoms with Gasteiger partial charge in [0.1, 0.15) is 5.82 Å². The van der Waals surface area contributed by atoms with Crippen molar-refractivity contribution in [2.75, 3.05) is 31.6 Å². The van der Waals surface area contributed by atoms with Crippen LogP contribution in [-0.2, 0) is 13.1 Å². The number of fused-ring (bicyclic) bond motifs is 3. The molecule has 4 heterocycles. The van der Waals surface area contributed by atoms with Crippen molar-refractivity contribution in [2.24, 2.45) is 5.92 Å². The molecule has 1 aromatic carbocycles. The van der Waals surface area contributed by atoms with Crippen LogP contribution in [-0.4, -0.2) is 42.6 Å². The summed E-state index contributed by atoms with van der Waals surface area (Å²) in [5.41, 5.74) is 2.60. The van der Waals surface area contributed by atoms with Crippen molar-refractivity contribution in [3.63, 3.8) is 0 Å². The number of hydrogen-bond acceptors (Lipinski definition) is 4. The fraction of sp³-hybridized carbons (Fsp3) is 0.476. The van der Waals surface area contributed by atoms with E-state index in [0.717, 1.165) is 24.8 Å². The predicted octanol–water partition coefficient (Wildman–Crippen LogP) is 2.90. The molecule has 4 nitrogen and oxygen atoms in total. The molecule has 5 rings (SSSR count). The molecular weight excluding hydrogens is 308 g/mol. The Morgan fingerprint density at radius 2 is 1.92 bits per heavy atom. The molecule has 0 aliphatic carbocycles. The zero-order valence-corrected chi connectivity index (χ0v) is 15.1. The van der Waals surface area contributed by atoms with Crippen LogP contribution in [0.5, 0.6) is 0 Å². The Morgan fingerprint density at radius 1 is 1.12 bits per heavy atom. The number of rotatable bonds is 6. The van der Waals surface area contributed by atoms with Gasteiger partial charge in [0.05, 0.1) is 0 Å². The number of benzene rings is 1. The summed E-state index contributed by atoms with van der Waals surface area (Å²) in [6, 6.07) is 15.5. The molecule has 1 N–H and O–H groups in total. The minimum atomic E-state index is 0.634. The number of nitrogens with zero attached hydrogens (tertiary/aromatic N) is 3. The molecule has 1 atom stereocenters. The highest BCUT2D eigenvalue weighted by atomic mass is 15.2. The Morgan fingerprint density at radius 3 is 2.64 bits per heavy atom. The summed E-state index contributed by atoms with van der Waals surface area (Å²) in [6.07, 6.45) is 4.60. The summed E-state index contributed by atoms with van der Waals surface area (Å²) in [6.45, 7) is 5.57. The largest absolute Gasteiger partial charge is 0.355 e. The SMILES string of the molecule is CN(Cc1ccccc1)c1ncccc1CNC1CN2CCC1CC2. The van der Waals surface area contributed by atoms with Gasteiger partial charge in [-0.1, -0.05) is 36.4 Å². The molecule has 4 heteroatoms. The molecule has 132 valence electrons. The summed E-state index contributed by atoms with van der Waals surface area (Å²) in [4.78, 5) is 9.52. The molecular formula is C21H28N4. The smallest absolute Gasteiger partial charge is 0.133 e. The van der Waals surface area contributed by atoms with E-state index >= 15 is 0 Å². The highest BCUT2D eigenvalue weighted by Crippen LogP contribution is 2.28. The molecule has 1 unspecified atom stereocenters. The molecule has 2 aromatic rings. The Bertz CT molecular complexity index is 679. The fourth-order valence-electron chi connectivity index (χ4n) is 4.28. The average molecular weight is 336 g/mol. The van der Waals surface area contributed by atoms with E-state index in [2.05, 4.69) is 63.5 Å². The highest BCUT2D eigenvalue weighted by Gasteiger charge is 2.33. The number of pyridine rings is 1. The second kappa shape index (κ2) is 7.54. The Kier molecular flexibility index (Phi) is 4.99. The van der Waals surface area contributed by atoms with Gasteiger partial charge in [0.25, 0.3) is 0 Å². The van der Waals surface area contributed by atoms with Crippen LogP contribution in [0.25, 0.3) is 0 Å². The standard InChI is InChI=1S/C21H28N4/c1-24(15-17-6-3-2-4-7-17)21-19(8-5-11-22-21)14-23-20-16-25-12-9-18(20)10-13-25/h2-8,11,18,20,23H,9-10,12-16H2,1H3. The van der Waals surface area contributed by atoms with Crippen molar-refractivity contribution in [2.45, 2.75) is 32.0 Å². The van der Waals surface area contributed by atoms with Crippen LogP contribution in [0, 0.1) is 5.92 Å². The molecule has 25 heavy (non-hydrogen) atoms. The van der Waals surface area contributed by atoms with Gasteiger partial charge in [-0.3, -0.25) is 0 Å². The van der Waals surface area contributed by atoms with E-state index in [4.69, 9.17) is 0 Å². The number of piperidine rings is 3. The lowest BCUT2D eigenvalue weighted by Crippen LogP contribution is -2.55. The van der Waals surface area contributed by atoms with Gasteiger partial charge >= 0.3 is 0 Å². The summed E-state index contributed by atoms with van der Waals surface area (Å²) in [5.74, 6) is 1.94. The first-order chi connectivity index (χ1) is 12.3. The van der Waals surface area contributed by atoms with Crippen LogP contribution in [0.1, 0.15) is 24.0 Å². The zero-order chi connectivity index (χ0) is 17.1. The molecule has 1 aromatic heterocycles. The van der Waals surface area contributed by atoms with Crippen LogP contribution < -0.4 is 10.2 Å². The van der Waals surface area contributed by atoms with E-state index in [1.165, 1.54) is 43.6 Å². The third kappa shape index (κ3) is 3.86. The van der Waals surface area contributed by atoms with Gasteiger partial charge in [-0.05, 0) is 43.5 Å². The number of aromatic nitrogens is 1. The Labute approximate surface area is 150 Å². The van der Waals surface area contributed by atoms with E-state index in [1.54, 1.807) is 0 Å². The van der Waals surface area contributed by atoms with Gasteiger partial charge in [0.2, 0.25) is 0 Å². The number of hydrogen-bond donors (Lipinski definition) is 1. The average Bonchev–Trinajstić information content (AvgIpc) is 2.68. The van der Waals surface area contributed by atoms with E-state index < -0.39 is 0 Å². The molecule has 0 amide bonds. The predicted molar refractivity (Wildman–Crippen MR) is 103 cm³/mol. The maximum absolute atomic E-state index is 4.66. The summed E-state index contributed by atoms with van der Waals surface area (Å²) < 4.78 is 0. The van der Waals surface area contributed by atoms with E-state index in [1.807, 2.05) is 12.3 Å². The summed E-state index contributed by atoms with van der Waals surface area (Å²) >= 11 is 0. The van der Waals surface area contributed by atoms with Gasteiger partial charge in [0.15, 0.2) is 0 Å². The van der Waals surface area contributed by atoms with E-state index in [-0.39, 0.29) is 0 Å². The minimum absolute atomic E-state index is 0.634. The van der Waals surface area contributed by atoms with Crippen LogP contribution in [0.15, 0.2) is 48.7 Å². The molecule has 3 aliphatic rings. The first kappa shape index (κ1) is 16.6. The number of anilines is 1. The van der Waals surface area contributed by atoms with Gasteiger partial charge in [-0.2, -0.15) is 0 Å². The van der Waals surface area contributed by atoms with Crippen molar-refractivity contribution in [1.29, 1.82) is 0 Å². The minimum Gasteiger partial charge on any atom is -0.355 e. The molecule has 3 saturated heterocycles. The number of nitrogens with one attached hydrogen (secondary N) is 1. The normalized spacial score (nSPS) is 25.1. The van der Waals surface area contributed by atoms with Gasteiger partial charge in [-0.25, -0.2) is 4.98 Å². The Balaban J connectivity index is 1.42. The van der Waals surface area contributed by atoms with Crippen LogP contribution >= 0.6 is 0 Å². The maximum Gasteiger partial charge on any atom is 0.133 e. The zero-order valence-electron chi connectivity index (χ0n) is 15.1. The van der Waals surface area contributed by atoms with Crippen molar-refractivity contribution in [3.05, 3.63) is 59.8 Å². The lowest BCUT2D eigenvalue weighted by Gasteiger charge is -2.45. The van der Waals surface area contributed by atoms with Crippen LogP contribution in [0.3, 0.4) is 0 Å².